The zero-order valence-electron chi connectivity index (χ0n) is 15.9. The van der Waals surface area contributed by atoms with E-state index in [-0.39, 0.29) is 19.1 Å². The van der Waals surface area contributed by atoms with E-state index >= 15 is 0 Å². The molecule has 1 heterocycles. The fourth-order valence-electron chi connectivity index (χ4n) is 3.14. The zero-order valence-corrected chi connectivity index (χ0v) is 15.9. The molecule has 1 aromatic rings. The quantitative estimate of drug-likeness (QED) is 0.623. The molecule has 0 aliphatic carbocycles. The third-order valence-corrected chi connectivity index (χ3v) is 4.46. The van der Waals surface area contributed by atoms with Crippen LogP contribution in [-0.4, -0.2) is 42.4 Å². The monoisotopic (exact) mass is 409 g/mol. The summed E-state index contributed by atoms with van der Waals surface area (Å²) in [5.41, 5.74) is -0.874. The van der Waals surface area contributed by atoms with Gasteiger partial charge in [-0.15, -0.1) is 0 Å². The van der Waals surface area contributed by atoms with Gasteiger partial charge in [-0.05, 0) is 51.3 Å². The first-order valence-electron chi connectivity index (χ1n) is 8.93. The topological polar surface area (TPSA) is 38.8 Å². The number of carbonyl (C=O) groups excluding carboxylic acids is 1. The number of hydrogen-bond donors (Lipinski definition) is 0. The number of carbonyl (C=O) groups is 1. The van der Waals surface area contributed by atoms with Crippen LogP contribution in [0.25, 0.3) is 0 Å². The summed E-state index contributed by atoms with van der Waals surface area (Å²) in [7, 11) is 0. The third-order valence-electron chi connectivity index (χ3n) is 4.46. The van der Waals surface area contributed by atoms with Gasteiger partial charge in [0.15, 0.2) is 0 Å². The molecule has 0 spiro atoms. The second-order valence-corrected chi connectivity index (χ2v) is 7.77. The van der Waals surface area contributed by atoms with E-state index in [2.05, 4.69) is 4.74 Å². The minimum absolute atomic E-state index is 0.150. The lowest BCUT2D eigenvalue weighted by molar-refractivity contribution is -0.143. The van der Waals surface area contributed by atoms with E-state index in [9.17, 15) is 26.7 Å². The average molecular weight is 409 g/mol. The Morgan fingerprint density at radius 1 is 1.14 bits per heavy atom. The number of amides is 1. The van der Waals surface area contributed by atoms with Crippen LogP contribution in [0.5, 0.6) is 0 Å². The minimum Gasteiger partial charge on any atom is -0.444 e. The van der Waals surface area contributed by atoms with Crippen molar-refractivity contribution in [3.8, 4) is 0 Å². The number of nitrogens with zero attached hydrogens (tertiary/aromatic N) is 1. The van der Waals surface area contributed by atoms with Gasteiger partial charge in [-0.2, -0.15) is 22.0 Å². The lowest BCUT2D eigenvalue weighted by Crippen LogP contribution is -2.50. The molecule has 0 saturated carbocycles. The highest BCUT2D eigenvalue weighted by Gasteiger charge is 2.36. The molecule has 1 aromatic carbocycles. The SMILES string of the molecule is CC(C)(C)OC(=O)N1CC(c2ccc(C(F)(F)F)cc2)CCC1COC(F)F. The molecule has 0 aromatic heterocycles. The Hall–Kier alpha value is -1.90. The summed E-state index contributed by atoms with van der Waals surface area (Å²) in [6.45, 7) is 1.92. The van der Waals surface area contributed by atoms with Crippen LogP contribution in [0.1, 0.15) is 50.7 Å². The van der Waals surface area contributed by atoms with Crippen molar-refractivity contribution in [1.29, 1.82) is 0 Å². The maximum atomic E-state index is 12.7. The number of piperidine rings is 1. The summed E-state index contributed by atoms with van der Waals surface area (Å²) < 4.78 is 72.8. The Labute approximate surface area is 160 Å². The predicted octanol–water partition coefficient (Wildman–Crippen LogP) is 5.43. The molecule has 1 amide bonds. The fourth-order valence-corrected chi connectivity index (χ4v) is 3.14. The molecule has 0 bridgehead atoms. The number of rotatable bonds is 4. The van der Waals surface area contributed by atoms with E-state index in [4.69, 9.17) is 4.74 Å². The maximum Gasteiger partial charge on any atom is 0.416 e. The van der Waals surface area contributed by atoms with Crippen LogP contribution in [0, 0.1) is 0 Å². The molecule has 9 heteroatoms. The largest absolute Gasteiger partial charge is 0.444 e. The maximum absolute atomic E-state index is 12.7. The molecule has 158 valence electrons. The van der Waals surface area contributed by atoms with Crippen LogP contribution in [0.4, 0.5) is 26.7 Å². The number of alkyl halides is 5. The third kappa shape index (κ3) is 6.32. The molecule has 0 N–H and O–H groups in total. The highest BCUT2D eigenvalue weighted by Crippen LogP contribution is 2.34. The van der Waals surface area contributed by atoms with Crippen molar-refractivity contribution in [3.63, 3.8) is 0 Å². The van der Waals surface area contributed by atoms with Gasteiger partial charge in [0.2, 0.25) is 0 Å². The smallest absolute Gasteiger partial charge is 0.416 e. The van der Waals surface area contributed by atoms with Crippen LogP contribution in [0.15, 0.2) is 24.3 Å². The standard InChI is InChI=1S/C19H24F5NO3/c1-18(2,3)28-17(26)25-10-13(6-9-15(25)11-27-16(20)21)12-4-7-14(8-5-12)19(22,23)24/h4-5,7-8,13,15-16H,6,9-11H2,1-3H3. The molecule has 2 unspecified atom stereocenters. The van der Waals surface area contributed by atoms with Crippen molar-refractivity contribution in [2.75, 3.05) is 13.2 Å². The van der Waals surface area contributed by atoms with Crippen LogP contribution in [-0.2, 0) is 15.7 Å². The Kier molecular flexibility index (Phi) is 6.90. The Morgan fingerprint density at radius 3 is 2.25 bits per heavy atom. The lowest BCUT2D eigenvalue weighted by atomic mass is 9.87. The second kappa shape index (κ2) is 8.63. The van der Waals surface area contributed by atoms with E-state index in [1.54, 1.807) is 20.8 Å². The molecule has 2 atom stereocenters. The van der Waals surface area contributed by atoms with Gasteiger partial charge in [0.1, 0.15) is 5.60 Å². The van der Waals surface area contributed by atoms with Gasteiger partial charge < -0.3 is 14.4 Å². The Bertz CT molecular complexity index is 655. The zero-order chi connectivity index (χ0) is 21.1. The van der Waals surface area contributed by atoms with Crippen molar-refractivity contribution in [2.24, 2.45) is 0 Å². The number of ether oxygens (including phenoxy) is 2. The van der Waals surface area contributed by atoms with Crippen LogP contribution in [0.2, 0.25) is 0 Å². The first-order chi connectivity index (χ1) is 12.9. The average Bonchev–Trinajstić information content (AvgIpc) is 2.57. The molecule has 1 saturated heterocycles. The van der Waals surface area contributed by atoms with Crippen molar-refractivity contribution in [2.45, 2.75) is 64.0 Å². The van der Waals surface area contributed by atoms with Gasteiger partial charge in [0.25, 0.3) is 0 Å². The van der Waals surface area contributed by atoms with Crippen LogP contribution >= 0.6 is 0 Å². The van der Waals surface area contributed by atoms with E-state index in [0.717, 1.165) is 12.1 Å². The summed E-state index contributed by atoms with van der Waals surface area (Å²) in [6, 6.07) is 4.18. The molecular formula is C19H24F5NO3. The van der Waals surface area contributed by atoms with Gasteiger partial charge in [0, 0.05) is 12.5 Å². The highest BCUT2D eigenvalue weighted by atomic mass is 19.4. The molecule has 0 radical (unpaired) electrons. The first kappa shape index (κ1) is 22.4. The second-order valence-electron chi connectivity index (χ2n) is 7.77. The van der Waals surface area contributed by atoms with Gasteiger partial charge in [-0.1, -0.05) is 12.1 Å². The number of hydrogen-bond acceptors (Lipinski definition) is 3. The predicted molar refractivity (Wildman–Crippen MR) is 92.1 cm³/mol. The van der Waals surface area contributed by atoms with Gasteiger partial charge in [-0.3, -0.25) is 0 Å². The van der Waals surface area contributed by atoms with E-state index in [1.807, 2.05) is 0 Å². The molecule has 1 aliphatic rings. The Balaban J connectivity index is 2.16. The van der Waals surface area contributed by atoms with E-state index in [1.165, 1.54) is 17.0 Å². The molecule has 2 rings (SSSR count). The van der Waals surface area contributed by atoms with Crippen molar-refractivity contribution in [3.05, 3.63) is 35.4 Å². The van der Waals surface area contributed by atoms with Crippen molar-refractivity contribution >= 4 is 6.09 Å². The number of benzene rings is 1. The van der Waals surface area contributed by atoms with Crippen molar-refractivity contribution < 1.29 is 36.2 Å². The van der Waals surface area contributed by atoms with Crippen LogP contribution in [0.3, 0.4) is 0 Å². The summed E-state index contributed by atoms with van der Waals surface area (Å²) in [6.07, 6.45) is -4.18. The van der Waals surface area contributed by atoms with Gasteiger partial charge in [-0.25, -0.2) is 4.79 Å². The number of halogens is 5. The van der Waals surface area contributed by atoms with Crippen LogP contribution < -0.4 is 0 Å². The van der Waals surface area contributed by atoms with E-state index in [0.29, 0.717) is 18.4 Å². The normalized spacial score (nSPS) is 21.1. The van der Waals surface area contributed by atoms with Gasteiger partial charge in [0.05, 0.1) is 18.2 Å². The first-order valence-corrected chi connectivity index (χ1v) is 8.93. The molecule has 1 fully saturated rings. The lowest BCUT2D eigenvalue weighted by Gasteiger charge is -2.40. The van der Waals surface area contributed by atoms with Gasteiger partial charge >= 0.3 is 18.9 Å². The molecule has 1 aliphatic heterocycles. The minimum atomic E-state index is -4.43. The summed E-state index contributed by atoms with van der Waals surface area (Å²) >= 11 is 0. The highest BCUT2D eigenvalue weighted by molar-refractivity contribution is 5.69. The molecule has 4 nitrogen and oxygen atoms in total. The fraction of sp³-hybridized carbons (Fsp3) is 0.632. The molecular weight excluding hydrogens is 385 g/mol. The summed E-state index contributed by atoms with van der Waals surface area (Å²) in [4.78, 5) is 13.9. The number of likely N-dealkylation sites (tertiary alicyclic amines) is 1. The van der Waals surface area contributed by atoms with E-state index < -0.39 is 36.1 Å². The summed E-state index contributed by atoms with van der Waals surface area (Å²) in [5, 5.41) is 0. The molecule has 28 heavy (non-hydrogen) atoms. The Morgan fingerprint density at radius 2 is 1.75 bits per heavy atom. The summed E-state index contributed by atoms with van der Waals surface area (Å²) in [5.74, 6) is -0.224. The van der Waals surface area contributed by atoms with Crippen molar-refractivity contribution in [1.82, 2.24) is 4.90 Å².